The average Bonchev–Trinajstić information content (AvgIpc) is 2.42. The maximum absolute atomic E-state index is 10.8. The minimum Gasteiger partial charge on any atom is -0.398 e. The van der Waals surface area contributed by atoms with Crippen LogP contribution in [-0.4, -0.2) is 34.6 Å². The number of hydrogen-bond donors (Lipinski definition) is 2. The molecule has 1 fully saturated rings. The van der Waals surface area contributed by atoms with E-state index in [9.17, 15) is 10.1 Å². The molecular weight excluding hydrogens is 246 g/mol. The summed E-state index contributed by atoms with van der Waals surface area (Å²) >= 11 is 0. The van der Waals surface area contributed by atoms with Gasteiger partial charge in [-0.2, -0.15) is 0 Å². The summed E-state index contributed by atoms with van der Waals surface area (Å²) in [5, 5.41) is 19.9. The van der Waals surface area contributed by atoms with E-state index in [-0.39, 0.29) is 12.3 Å². The number of piperidine rings is 1. The maximum atomic E-state index is 10.8. The van der Waals surface area contributed by atoms with Gasteiger partial charge in [-0.15, -0.1) is 0 Å². The second kappa shape index (κ2) is 5.99. The van der Waals surface area contributed by atoms with Gasteiger partial charge in [-0.3, -0.25) is 15.0 Å². The largest absolute Gasteiger partial charge is 0.398 e. The Hall–Kier alpha value is -1.66. The van der Waals surface area contributed by atoms with Crippen molar-refractivity contribution in [3.63, 3.8) is 0 Å². The number of aliphatic hydroxyl groups excluding tert-OH is 1. The second-order valence-electron chi connectivity index (χ2n) is 5.04. The molecule has 6 nitrogen and oxygen atoms in total. The van der Waals surface area contributed by atoms with Crippen molar-refractivity contribution in [3.05, 3.63) is 33.9 Å². The summed E-state index contributed by atoms with van der Waals surface area (Å²) in [7, 11) is 0. The highest BCUT2D eigenvalue weighted by molar-refractivity contribution is 5.52. The van der Waals surface area contributed by atoms with Crippen molar-refractivity contribution in [1.82, 2.24) is 4.90 Å². The molecular formula is C13H19N3O3. The molecule has 1 aliphatic heterocycles. The SMILES string of the molecule is Nc1ccc([N+](=O)[O-])cc1CN1CCC(CO)CC1. The molecule has 0 bridgehead atoms. The topological polar surface area (TPSA) is 92.6 Å². The number of nitrogens with two attached hydrogens (primary N) is 1. The molecule has 0 aliphatic carbocycles. The van der Waals surface area contributed by atoms with Crippen LogP contribution in [0.3, 0.4) is 0 Å². The fraction of sp³-hybridized carbons (Fsp3) is 0.538. The smallest absolute Gasteiger partial charge is 0.269 e. The van der Waals surface area contributed by atoms with E-state index in [0.717, 1.165) is 31.5 Å². The fourth-order valence-corrected chi connectivity index (χ4v) is 2.41. The van der Waals surface area contributed by atoms with Crippen LogP contribution >= 0.6 is 0 Å². The number of nitrogen functional groups attached to an aromatic ring is 1. The Labute approximate surface area is 112 Å². The molecule has 1 aromatic rings. The number of anilines is 1. The van der Waals surface area contributed by atoms with E-state index in [1.54, 1.807) is 12.1 Å². The van der Waals surface area contributed by atoms with Gasteiger partial charge in [0.05, 0.1) is 4.92 Å². The molecule has 0 amide bonds. The number of hydrogen-bond acceptors (Lipinski definition) is 5. The van der Waals surface area contributed by atoms with E-state index in [4.69, 9.17) is 10.8 Å². The third kappa shape index (κ3) is 3.42. The van der Waals surface area contributed by atoms with Crippen LogP contribution in [-0.2, 0) is 6.54 Å². The second-order valence-corrected chi connectivity index (χ2v) is 5.04. The minimum absolute atomic E-state index is 0.0782. The van der Waals surface area contributed by atoms with E-state index in [1.807, 2.05) is 0 Å². The molecule has 0 radical (unpaired) electrons. The first kappa shape index (κ1) is 13.8. The van der Waals surface area contributed by atoms with E-state index in [2.05, 4.69) is 4.90 Å². The van der Waals surface area contributed by atoms with Crippen LogP contribution in [0.15, 0.2) is 18.2 Å². The molecule has 1 heterocycles. The minimum atomic E-state index is -0.402. The van der Waals surface area contributed by atoms with Crippen LogP contribution in [0.25, 0.3) is 0 Å². The van der Waals surface area contributed by atoms with Crippen LogP contribution in [0.1, 0.15) is 18.4 Å². The number of rotatable bonds is 4. The Morgan fingerprint density at radius 2 is 2.11 bits per heavy atom. The third-order valence-electron chi connectivity index (χ3n) is 3.70. The zero-order chi connectivity index (χ0) is 13.8. The van der Waals surface area contributed by atoms with Crippen molar-refractivity contribution in [2.24, 2.45) is 5.92 Å². The number of aliphatic hydroxyl groups is 1. The van der Waals surface area contributed by atoms with Crippen LogP contribution < -0.4 is 5.73 Å². The lowest BCUT2D eigenvalue weighted by atomic mass is 9.97. The lowest BCUT2D eigenvalue weighted by molar-refractivity contribution is -0.384. The molecule has 0 atom stereocenters. The molecule has 0 saturated carbocycles. The molecule has 6 heteroatoms. The molecule has 3 N–H and O–H groups in total. The van der Waals surface area contributed by atoms with Gasteiger partial charge in [0.2, 0.25) is 0 Å². The molecule has 0 unspecified atom stereocenters. The standard InChI is InChI=1S/C13H19N3O3/c14-13-2-1-12(16(18)19)7-11(13)8-15-5-3-10(9-17)4-6-15/h1-2,7,10,17H,3-6,8-9,14H2. The number of benzene rings is 1. The highest BCUT2D eigenvalue weighted by Crippen LogP contribution is 2.24. The fourth-order valence-electron chi connectivity index (χ4n) is 2.41. The summed E-state index contributed by atoms with van der Waals surface area (Å²) in [5.41, 5.74) is 7.34. The van der Waals surface area contributed by atoms with Gasteiger partial charge >= 0.3 is 0 Å². The number of non-ortho nitro benzene ring substituents is 1. The quantitative estimate of drug-likeness (QED) is 0.487. The van der Waals surface area contributed by atoms with Crippen molar-refractivity contribution in [2.75, 3.05) is 25.4 Å². The Bertz CT molecular complexity index is 456. The molecule has 0 aromatic heterocycles. The van der Waals surface area contributed by atoms with Crippen LogP contribution in [0.5, 0.6) is 0 Å². The normalized spacial score (nSPS) is 17.5. The predicted molar refractivity (Wildman–Crippen MR) is 72.6 cm³/mol. The van der Waals surface area contributed by atoms with E-state index in [1.165, 1.54) is 6.07 Å². The lowest BCUT2D eigenvalue weighted by Crippen LogP contribution is -2.34. The van der Waals surface area contributed by atoms with Crippen molar-refractivity contribution in [1.29, 1.82) is 0 Å². The van der Waals surface area contributed by atoms with Crippen LogP contribution in [0, 0.1) is 16.0 Å². The van der Waals surface area contributed by atoms with Crippen molar-refractivity contribution < 1.29 is 10.0 Å². The number of nitrogens with zero attached hydrogens (tertiary/aromatic N) is 2. The summed E-state index contributed by atoms with van der Waals surface area (Å²) in [4.78, 5) is 12.6. The Kier molecular flexibility index (Phi) is 4.34. The van der Waals surface area contributed by atoms with Gasteiger partial charge in [-0.05, 0) is 43.5 Å². The molecule has 1 saturated heterocycles. The molecule has 19 heavy (non-hydrogen) atoms. The molecule has 104 valence electrons. The van der Waals surface area contributed by atoms with E-state index in [0.29, 0.717) is 18.2 Å². The zero-order valence-corrected chi connectivity index (χ0v) is 10.8. The molecule has 2 rings (SSSR count). The maximum Gasteiger partial charge on any atom is 0.269 e. The summed E-state index contributed by atoms with van der Waals surface area (Å²) in [6.07, 6.45) is 1.93. The van der Waals surface area contributed by atoms with Crippen LogP contribution in [0.4, 0.5) is 11.4 Å². The van der Waals surface area contributed by atoms with Crippen molar-refractivity contribution >= 4 is 11.4 Å². The number of likely N-dealkylation sites (tertiary alicyclic amines) is 1. The average molecular weight is 265 g/mol. The number of nitro groups is 1. The zero-order valence-electron chi connectivity index (χ0n) is 10.8. The van der Waals surface area contributed by atoms with Gasteiger partial charge in [-0.1, -0.05) is 0 Å². The van der Waals surface area contributed by atoms with Gasteiger partial charge in [0, 0.05) is 31.0 Å². The van der Waals surface area contributed by atoms with Gasteiger partial charge in [-0.25, -0.2) is 0 Å². The molecule has 1 aromatic carbocycles. The lowest BCUT2D eigenvalue weighted by Gasteiger charge is -2.31. The van der Waals surface area contributed by atoms with Gasteiger partial charge in [0.25, 0.3) is 5.69 Å². The first-order chi connectivity index (χ1) is 9.10. The summed E-state index contributed by atoms with van der Waals surface area (Å²) < 4.78 is 0. The first-order valence-electron chi connectivity index (χ1n) is 6.46. The highest BCUT2D eigenvalue weighted by atomic mass is 16.6. The third-order valence-corrected chi connectivity index (χ3v) is 3.70. The highest BCUT2D eigenvalue weighted by Gasteiger charge is 2.19. The van der Waals surface area contributed by atoms with Gasteiger partial charge < -0.3 is 10.8 Å². The van der Waals surface area contributed by atoms with E-state index >= 15 is 0 Å². The monoisotopic (exact) mass is 265 g/mol. The summed E-state index contributed by atoms with van der Waals surface area (Å²) in [5.74, 6) is 0.388. The first-order valence-corrected chi connectivity index (χ1v) is 6.46. The van der Waals surface area contributed by atoms with Crippen molar-refractivity contribution in [3.8, 4) is 0 Å². The molecule has 1 aliphatic rings. The summed E-state index contributed by atoms with van der Waals surface area (Å²) in [6.45, 7) is 2.67. The predicted octanol–water partition coefficient (Wildman–Crippen LogP) is 1.38. The van der Waals surface area contributed by atoms with Gasteiger partial charge in [0.1, 0.15) is 0 Å². The van der Waals surface area contributed by atoms with Crippen molar-refractivity contribution in [2.45, 2.75) is 19.4 Å². The Balaban J connectivity index is 2.03. The summed E-state index contributed by atoms with van der Waals surface area (Å²) in [6, 6.07) is 4.57. The number of nitro benzene ring substituents is 1. The van der Waals surface area contributed by atoms with E-state index < -0.39 is 4.92 Å². The molecule has 0 spiro atoms. The Morgan fingerprint density at radius 1 is 1.42 bits per heavy atom. The van der Waals surface area contributed by atoms with Gasteiger partial charge in [0.15, 0.2) is 0 Å². The van der Waals surface area contributed by atoms with Crippen LogP contribution in [0.2, 0.25) is 0 Å². The Morgan fingerprint density at radius 3 is 2.68 bits per heavy atom.